The molecule has 0 aliphatic heterocycles. The lowest BCUT2D eigenvalue weighted by molar-refractivity contribution is -0.124. The van der Waals surface area contributed by atoms with Crippen LogP contribution in [-0.4, -0.2) is 23.8 Å². The second-order valence-electron chi connectivity index (χ2n) is 5.45. The Morgan fingerprint density at radius 3 is 2.33 bits per heavy atom. The molecule has 0 spiro atoms. The maximum atomic E-state index is 11.9. The molecule has 0 radical (unpaired) electrons. The van der Waals surface area contributed by atoms with E-state index >= 15 is 0 Å². The Balaban J connectivity index is 1.79. The summed E-state index contributed by atoms with van der Waals surface area (Å²) in [4.78, 5) is 23.7. The zero-order valence-corrected chi connectivity index (χ0v) is 13.6. The number of phenolic OH excluding ortho intramolecular Hbond substituents is 1. The molecule has 1 N–H and O–H groups in total. The highest BCUT2D eigenvalue weighted by Gasteiger charge is 2.07. The lowest BCUT2D eigenvalue weighted by Crippen LogP contribution is -2.06. The van der Waals surface area contributed by atoms with E-state index in [0.29, 0.717) is 12.8 Å². The lowest BCUT2D eigenvalue weighted by Gasteiger charge is -2.01. The third-order valence-electron chi connectivity index (χ3n) is 3.58. The van der Waals surface area contributed by atoms with Crippen molar-refractivity contribution in [1.29, 1.82) is 0 Å². The average Bonchev–Trinajstić information content (AvgIpc) is 2.60. The van der Waals surface area contributed by atoms with Crippen LogP contribution in [0.1, 0.15) is 24.0 Å². The smallest absolute Gasteiger partial charge is 0.163 e. The van der Waals surface area contributed by atoms with Crippen LogP contribution in [0.5, 0.6) is 11.5 Å². The zero-order chi connectivity index (χ0) is 17.4. The van der Waals surface area contributed by atoms with Crippen molar-refractivity contribution < 1.29 is 19.4 Å². The van der Waals surface area contributed by atoms with Crippen LogP contribution in [0.25, 0.3) is 6.08 Å². The number of aromatic hydroxyl groups is 1. The van der Waals surface area contributed by atoms with E-state index < -0.39 is 0 Å². The van der Waals surface area contributed by atoms with Gasteiger partial charge < -0.3 is 9.84 Å². The molecule has 124 valence electrons. The molecule has 4 heteroatoms. The topological polar surface area (TPSA) is 63.6 Å². The standard InChI is InChI=1S/C20H20O4/c1-24-20-12-6-16(7-13-20)5-11-19(23)14-18(22)10-4-15-2-8-17(21)9-3-15/h2-3,5-9,11-13,21H,4,10,14H2,1H3/b11-5+. The Hall–Kier alpha value is -2.88. The van der Waals surface area contributed by atoms with Gasteiger partial charge in [0, 0.05) is 6.42 Å². The number of ether oxygens (including phenoxy) is 1. The number of aryl methyl sites for hydroxylation is 1. The Labute approximate surface area is 141 Å². The summed E-state index contributed by atoms with van der Waals surface area (Å²) < 4.78 is 5.07. The average molecular weight is 324 g/mol. The van der Waals surface area contributed by atoms with Gasteiger partial charge >= 0.3 is 0 Å². The van der Waals surface area contributed by atoms with Crippen LogP contribution in [0, 0.1) is 0 Å². The summed E-state index contributed by atoms with van der Waals surface area (Å²) in [5, 5.41) is 9.21. The molecule has 0 saturated carbocycles. The van der Waals surface area contributed by atoms with Crippen molar-refractivity contribution in [3.8, 4) is 11.5 Å². The number of methoxy groups -OCH3 is 1. The Kier molecular flexibility index (Phi) is 6.32. The molecule has 2 aromatic rings. The number of carbonyl (C=O) groups excluding carboxylic acids is 2. The summed E-state index contributed by atoms with van der Waals surface area (Å²) in [5.74, 6) is 0.654. The fourth-order valence-electron chi connectivity index (χ4n) is 2.19. The summed E-state index contributed by atoms with van der Waals surface area (Å²) in [6.45, 7) is 0. The minimum atomic E-state index is -0.207. The largest absolute Gasteiger partial charge is 0.508 e. The van der Waals surface area contributed by atoms with E-state index in [9.17, 15) is 14.7 Å². The van der Waals surface area contributed by atoms with Crippen molar-refractivity contribution in [2.24, 2.45) is 0 Å². The predicted molar refractivity (Wildman–Crippen MR) is 93.1 cm³/mol. The van der Waals surface area contributed by atoms with Crippen molar-refractivity contribution in [3.63, 3.8) is 0 Å². The number of phenols is 1. The fourth-order valence-corrected chi connectivity index (χ4v) is 2.19. The lowest BCUT2D eigenvalue weighted by atomic mass is 10.0. The highest BCUT2D eigenvalue weighted by Crippen LogP contribution is 2.13. The third kappa shape index (κ3) is 5.72. The first-order chi connectivity index (χ1) is 11.6. The van der Waals surface area contributed by atoms with Crippen LogP contribution >= 0.6 is 0 Å². The molecule has 4 nitrogen and oxygen atoms in total. The summed E-state index contributed by atoms with van der Waals surface area (Å²) >= 11 is 0. The van der Waals surface area contributed by atoms with E-state index in [2.05, 4.69) is 0 Å². The molecule has 0 aromatic heterocycles. The molecule has 0 fully saturated rings. The number of hydrogen-bond acceptors (Lipinski definition) is 4. The molecule has 0 bridgehead atoms. The number of carbonyl (C=O) groups is 2. The minimum Gasteiger partial charge on any atom is -0.508 e. The first-order valence-corrected chi connectivity index (χ1v) is 7.71. The van der Waals surface area contributed by atoms with E-state index in [1.165, 1.54) is 6.08 Å². The minimum absolute atomic E-state index is 0.0903. The number of benzene rings is 2. The second kappa shape index (κ2) is 8.67. The van der Waals surface area contributed by atoms with Gasteiger partial charge in [0.1, 0.15) is 17.3 Å². The van der Waals surface area contributed by atoms with E-state index in [0.717, 1.165) is 16.9 Å². The molecule has 0 amide bonds. The van der Waals surface area contributed by atoms with Gasteiger partial charge in [-0.15, -0.1) is 0 Å². The Morgan fingerprint density at radius 2 is 1.71 bits per heavy atom. The maximum absolute atomic E-state index is 11.9. The van der Waals surface area contributed by atoms with Gasteiger partial charge in [-0.1, -0.05) is 30.3 Å². The molecular formula is C20H20O4. The van der Waals surface area contributed by atoms with E-state index in [1.807, 2.05) is 24.3 Å². The Bertz CT molecular complexity index is 712. The van der Waals surface area contributed by atoms with Gasteiger partial charge in [0.2, 0.25) is 0 Å². The fraction of sp³-hybridized carbons (Fsp3) is 0.200. The molecule has 24 heavy (non-hydrogen) atoms. The van der Waals surface area contributed by atoms with Gasteiger partial charge in [0.15, 0.2) is 5.78 Å². The van der Waals surface area contributed by atoms with Crippen LogP contribution in [0.4, 0.5) is 0 Å². The number of rotatable bonds is 8. The van der Waals surface area contributed by atoms with Gasteiger partial charge in [0.05, 0.1) is 13.5 Å². The molecule has 0 atom stereocenters. The van der Waals surface area contributed by atoms with Crippen LogP contribution < -0.4 is 4.74 Å². The van der Waals surface area contributed by atoms with Crippen molar-refractivity contribution in [3.05, 3.63) is 65.7 Å². The zero-order valence-electron chi connectivity index (χ0n) is 13.6. The van der Waals surface area contributed by atoms with E-state index in [-0.39, 0.29) is 23.7 Å². The van der Waals surface area contributed by atoms with Gasteiger partial charge in [-0.25, -0.2) is 0 Å². The van der Waals surface area contributed by atoms with Gasteiger partial charge in [0.25, 0.3) is 0 Å². The molecule has 0 aliphatic carbocycles. The van der Waals surface area contributed by atoms with E-state index in [4.69, 9.17) is 4.74 Å². The number of ketones is 2. The van der Waals surface area contributed by atoms with Crippen LogP contribution in [0.2, 0.25) is 0 Å². The number of allylic oxidation sites excluding steroid dienone is 1. The molecule has 0 unspecified atom stereocenters. The maximum Gasteiger partial charge on any atom is 0.163 e. The van der Waals surface area contributed by atoms with Crippen molar-refractivity contribution >= 4 is 17.6 Å². The number of Topliss-reactive ketones (excluding diaryl/α,β-unsaturated/α-hetero) is 1. The molecule has 0 saturated heterocycles. The third-order valence-corrected chi connectivity index (χ3v) is 3.58. The van der Waals surface area contributed by atoms with Crippen LogP contribution in [-0.2, 0) is 16.0 Å². The molecule has 0 aliphatic rings. The Morgan fingerprint density at radius 1 is 1.04 bits per heavy atom. The molecule has 0 heterocycles. The van der Waals surface area contributed by atoms with Crippen molar-refractivity contribution in [2.45, 2.75) is 19.3 Å². The van der Waals surface area contributed by atoms with Gasteiger partial charge in [-0.2, -0.15) is 0 Å². The normalized spacial score (nSPS) is 10.7. The highest BCUT2D eigenvalue weighted by atomic mass is 16.5. The summed E-state index contributed by atoms with van der Waals surface area (Å²) in [6, 6.07) is 14.0. The highest BCUT2D eigenvalue weighted by molar-refractivity contribution is 6.06. The molecule has 2 rings (SSSR count). The quantitative estimate of drug-likeness (QED) is 0.595. The number of hydrogen-bond donors (Lipinski definition) is 1. The first-order valence-electron chi connectivity index (χ1n) is 7.71. The second-order valence-corrected chi connectivity index (χ2v) is 5.45. The first kappa shape index (κ1) is 17.5. The predicted octanol–water partition coefficient (Wildman–Crippen LogP) is 3.58. The summed E-state index contributed by atoms with van der Waals surface area (Å²) in [6.07, 6.45) is 3.90. The molecular weight excluding hydrogens is 304 g/mol. The van der Waals surface area contributed by atoms with Crippen molar-refractivity contribution in [1.82, 2.24) is 0 Å². The van der Waals surface area contributed by atoms with Crippen LogP contribution in [0.15, 0.2) is 54.6 Å². The van der Waals surface area contributed by atoms with Crippen molar-refractivity contribution in [2.75, 3.05) is 7.11 Å². The summed E-state index contributed by atoms with van der Waals surface area (Å²) in [5.41, 5.74) is 1.84. The van der Waals surface area contributed by atoms with Gasteiger partial charge in [-0.3, -0.25) is 9.59 Å². The van der Waals surface area contributed by atoms with Gasteiger partial charge in [-0.05, 0) is 47.9 Å². The van der Waals surface area contributed by atoms with E-state index in [1.54, 1.807) is 37.5 Å². The van der Waals surface area contributed by atoms with Crippen LogP contribution in [0.3, 0.4) is 0 Å². The SMILES string of the molecule is COc1ccc(/C=C/C(=O)CC(=O)CCc2ccc(O)cc2)cc1. The molecule has 2 aromatic carbocycles. The summed E-state index contributed by atoms with van der Waals surface area (Å²) in [7, 11) is 1.60. The monoisotopic (exact) mass is 324 g/mol.